The normalized spacial score (nSPS) is 12.8. The Morgan fingerprint density at radius 3 is 2.33 bits per heavy atom. The van der Waals surface area contributed by atoms with Crippen LogP contribution in [0.5, 0.6) is 0 Å². The molecule has 6 nitrogen and oxygen atoms in total. The number of carbonyl (C=O) groups is 2. The van der Waals surface area contributed by atoms with Crippen molar-refractivity contribution in [3.8, 4) is 0 Å². The maximum absolute atomic E-state index is 12.0. The lowest BCUT2D eigenvalue weighted by atomic mass is 10.2. The van der Waals surface area contributed by atoms with Crippen molar-refractivity contribution >= 4 is 11.9 Å². The molecule has 1 unspecified atom stereocenters. The summed E-state index contributed by atoms with van der Waals surface area (Å²) in [6.45, 7) is 3.10. The molecule has 124 valence electrons. The lowest BCUT2D eigenvalue weighted by Crippen LogP contribution is -2.50. The molecule has 0 spiro atoms. The van der Waals surface area contributed by atoms with Gasteiger partial charge in [-0.3, -0.25) is 14.9 Å². The van der Waals surface area contributed by atoms with Gasteiger partial charge in [-0.05, 0) is 6.42 Å². The summed E-state index contributed by atoms with van der Waals surface area (Å²) >= 11 is 0. The van der Waals surface area contributed by atoms with Crippen LogP contribution in [-0.2, 0) is 19.1 Å². The zero-order chi connectivity index (χ0) is 16.3. The van der Waals surface area contributed by atoms with Gasteiger partial charge in [-0.1, -0.05) is 26.2 Å². The summed E-state index contributed by atoms with van der Waals surface area (Å²) in [6.07, 6.45) is 4.19. The predicted molar refractivity (Wildman–Crippen MR) is 81.6 cm³/mol. The lowest BCUT2D eigenvalue weighted by Gasteiger charge is -2.26. The van der Waals surface area contributed by atoms with E-state index >= 15 is 0 Å². The summed E-state index contributed by atoms with van der Waals surface area (Å²) in [6, 6.07) is -0.652. The van der Waals surface area contributed by atoms with E-state index in [0.717, 1.165) is 25.7 Å². The molecule has 0 amide bonds. The Kier molecular flexibility index (Phi) is 9.99. The van der Waals surface area contributed by atoms with Crippen molar-refractivity contribution in [3.05, 3.63) is 0 Å². The number of methoxy groups -OCH3 is 1. The number of ether oxygens (including phenoxy) is 2. The minimum Gasteiger partial charge on any atom is -0.469 e. The molecule has 0 saturated carbocycles. The van der Waals surface area contributed by atoms with E-state index in [1.54, 1.807) is 0 Å². The average Bonchev–Trinajstić information content (AvgIpc) is 2.41. The van der Waals surface area contributed by atoms with E-state index in [9.17, 15) is 9.59 Å². The Hall–Kier alpha value is -1.14. The number of hydrogen-bond acceptors (Lipinski definition) is 5. The number of quaternary nitrogens is 1. The van der Waals surface area contributed by atoms with Gasteiger partial charge in [0.1, 0.15) is 12.7 Å². The molecule has 0 saturated heterocycles. The van der Waals surface area contributed by atoms with Crippen LogP contribution in [-0.4, -0.2) is 64.0 Å². The summed E-state index contributed by atoms with van der Waals surface area (Å²) < 4.78 is 10.5. The highest BCUT2D eigenvalue weighted by atomic mass is 16.5. The Morgan fingerprint density at radius 2 is 1.81 bits per heavy atom. The first-order valence-electron chi connectivity index (χ1n) is 7.57. The number of nitrogens with one attached hydrogen (secondary N) is 1. The van der Waals surface area contributed by atoms with Gasteiger partial charge in [-0.2, -0.15) is 0 Å². The van der Waals surface area contributed by atoms with Gasteiger partial charge in [0.2, 0.25) is 0 Å². The fraction of sp³-hybridized carbons (Fsp3) is 0.867. The van der Waals surface area contributed by atoms with Gasteiger partial charge in [0.05, 0.1) is 41.3 Å². The van der Waals surface area contributed by atoms with E-state index in [0.29, 0.717) is 17.8 Å². The summed E-state index contributed by atoms with van der Waals surface area (Å²) in [5.74, 6) is -0.804. The molecule has 6 heteroatoms. The van der Waals surface area contributed by atoms with Crippen molar-refractivity contribution in [2.45, 2.75) is 45.1 Å². The van der Waals surface area contributed by atoms with Crippen LogP contribution in [0, 0.1) is 0 Å². The minimum atomic E-state index is -0.652. The van der Waals surface area contributed by atoms with Crippen molar-refractivity contribution in [1.29, 1.82) is 0 Å². The Morgan fingerprint density at radius 1 is 1.14 bits per heavy atom. The molecule has 0 aliphatic carbocycles. The third-order valence-corrected chi connectivity index (χ3v) is 2.94. The van der Waals surface area contributed by atoms with E-state index in [2.05, 4.69) is 17.0 Å². The van der Waals surface area contributed by atoms with Gasteiger partial charge >= 0.3 is 11.9 Å². The Bertz CT molecular complexity index is 313. The molecule has 0 aliphatic heterocycles. The lowest BCUT2D eigenvalue weighted by molar-refractivity contribution is -0.873. The quantitative estimate of drug-likeness (QED) is 0.270. The number of carbonyl (C=O) groups excluding carboxylic acids is 2. The number of rotatable bonds is 11. The van der Waals surface area contributed by atoms with E-state index in [1.807, 2.05) is 21.1 Å². The van der Waals surface area contributed by atoms with Gasteiger partial charge in [-0.15, -0.1) is 0 Å². The van der Waals surface area contributed by atoms with Crippen LogP contribution in [0.1, 0.15) is 39.0 Å². The largest absolute Gasteiger partial charge is 0.469 e. The predicted octanol–water partition coefficient (Wildman–Crippen LogP) is 1.29. The average molecular weight is 303 g/mol. The molecule has 0 aromatic carbocycles. The summed E-state index contributed by atoms with van der Waals surface area (Å²) in [5.41, 5.74) is 0. The van der Waals surface area contributed by atoms with E-state index in [4.69, 9.17) is 4.74 Å². The molecule has 0 rings (SSSR count). The molecule has 0 aromatic heterocycles. The van der Waals surface area contributed by atoms with Crippen LogP contribution in [0.15, 0.2) is 0 Å². The second-order valence-electron chi connectivity index (χ2n) is 6.21. The number of unbranched alkanes of at least 4 members (excludes halogenated alkanes) is 3. The van der Waals surface area contributed by atoms with Crippen LogP contribution >= 0.6 is 0 Å². The maximum atomic E-state index is 12.0. The smallest absolute Gasteiger partial charge is 0.323 e. The van der Waals surface area contributed by atoms with Gasteiger partial charge in [0.15, 0.2) is 0 Å². The van der Waals surface area contributed by atoms with Crippen molar-refractivity contribution < 1.29 is 23.5 Å². The van der Waals surface area contributed by atoms with Crippen molar-refractivity contribution in [1.82, 2.24) is 5.32 Å². The second-order valence-corrected chi connectivity index (χ2v) is 6.21. The van der Waals surface area contributed by atoms with Crippen molar-refractivity contribution in [2.24, 2.45) is 0 Å². The summed E-state index contributed by atoms with van der Waals surface area (Å²) in [5, 5.41) is 3.07. The minimum absolute atomic E-state index is 0.00963. The van der Waals surface area contributed by atoms with Crippen LogP contribution in [0.2, 0.25) is 0 Å². The topological polar surface area (TPSA) is 64.6 Å². The van der Waals surface area contributed by atoms with Gasteiger partial charge in [0, 0.05) is 0 Å². The molecule has 0 radical (unpaired) electrons. The van der Waals surface area contributed by atoms with Gasteiger partial charge in [-0.25, -0.2) is 0 Å². The highest BCUT2D eigenvalue weighted by Crippen LogP contribution is 2.03. The first kappa shape index (κ1) is 19.9. The van der Waals surface area contributed by atoms with Gasteiger partial charge in [0.25, 0.3) is 0 Å². The Labute approximate surface area is 128 Å². The van der Waals surface area contributed by atoms with Gasteiger partial charge < -0.3 is 14.0 Å². The first-order valence-corrected chi connectivity index (χ1v) is 7.57. The zero-order valence-corrected chi connectivity index (χ0v) is 14.1. The highest BCUT2D eigenvalue weighted by molar-refractivity contribution is 5.82. The van der Waals surface area contributed by atoms with Crippen LogP contribution in [0.3, 0.4) is 0 Å². The number of esters is 2. The molecular weight excluding hydrogens is 272 g/mol. The van der Waals surface area contributed by atoms with Crippen molar-refractivity contribution in [2.75, 3.05) is 41.5 Å². The fourth-order valence-corrected chi connectivity index (χ4v) is 1.68. The number of nitrogens with zero attached hydrogens (tertiary/aromatic N) is 1. The van der Waals surface area contributed by atoms with E-state index in [-0.39, 0.29) is 12.4 Å². The number of hydrogen-bond donors (Lipinski definition) is 1. The molecule has 0 fully saturated rings. The molecule has 1 atom stereocenters. The SMILES string of the molecule is CCCCCCOC(=O)C(CC(=O)OC)NC[N+](C)(C)C. The molecule has 1 N–H and O–H groups in total. The molecule has 0 aromatic rings. The summed E-state index contributed by atoms with van der Waals surface area (Å²) in [7, 11) is 7.31. The van der Waals surface area contributed by atoms with E-state index in [1.165, 1.54) is 7.11 Å². The molecule has 0 heterocycles. The molecule has 21 heavy (non-hydrogen) atoms. The highest BCUT2D eigenvalue weighted by Gasteiger charge is 2.25. The second kappa shape index (κ2) is 10.6. The van der Waals surface area contributed by atoms with Crippen LogP contribution in [0.25, 0.3) is 0 Å². The third kappa shape index (κ3) is 11.2. The maximum Gasteiger partial charge on any atom is 0.323 e. The molecule has 0 aliphatic rings. The van der Waals surface area contributed by atoms with Crippen LogP contribution < -0.4 is 5.32 Å². The fourth-order valence-electron chi connectivity index (χ4n) is 1.68. The third-order valence-electron chi connectivity index (χ3n) is 2.94. The van der Waals surface area contributed by atoms with Crippen molar-refractivity contribution in [3.63, 3.8) is 0 Å². The zero-order valence-electron chi connectivity index (χ0n) is 14.1. The van der Waals surface area contributed by atoms with Crippen LogP contribution in [0.4, 0.5) is 0 Å². The first-order chi connectivity index (χ1) is 9.80. The summed E-state index contributed by atoms with van der Waals surface area (Å²) in [4.78, 5) is 23.4. The molecular formula is C15H31N2O4+. The molecule has 0 bridgehead atoms. The van der Waals surface area contributed by atoms with E-state index < -0.39 is 12.0 Å². The Balaban J connectivity index is 4.28. The standard InChI is InChI=1S/C15H31N2O4/c1-6-7-8-9-10-21-15(19)13(11-14(18)20-5)16-12-17(2,3)4/h13,16H,6-12H2,1-5H3/q+1. The monoisotopic (exact) mass is 303 g/mol.